The van der Waals surface area contributed by atoms with E-state index < -0.39 is 16.6 Å². The Bertz CT molecular complexity index is 778. The Hall–Kier alpha value is -1.71. The number of aliphatic hydroxyl groups is 1. The maximum Gasteiger partial charge on any atom is 0.183 e. The fraction of sp³-hybridized carbons (Fsp3) is 0.696. The predicted molar refractivity (Wildman–Crippen MR) is 104 cm³/mol. The molecule has 2 fully saturated rings. The quantitative estimate of drug-likeness (QED) is 0.430. The average molecular weight is 373 g/mol. The Morgan fingerprint density at radius 1 is 1.22 bits per heavy atom. The number of aliphatic hydroxyl groups excluding tert-OH is 1. The summed E-state index contributed by atoms with van der Waals surface area (Å²) >= 11 is 0. The second-order valence-electron chi connectivity index (χ2n) is 10.2. The highest BCUT2D eigenvalue weighted by Crippen LogP contribution is 2.70. The van der Waals surface area contributed by atoms with Crippen LogP contribution in [0.4, 0.5) is 0 Å². The van der Waals surface area contributed by atoms with Crippen LogP contribution in [0, 0.1) is 28.1 Å². The molecule has 1 spiro atoms. The molecule has 3 aliphatic rings. The van der Waals surface area contributed by atoms with Crippen LogP contribution in [-0.2, 0) is 14.4 Å². The largest absolute Gasteiger partial charge is 0.510 e. The Morgan fingerprint density at radius 3 is 2.41 bits per heavy atom. The minimum Gasteiger partial charge on any atom is -0.510 e. The van der Waals surface area contributed by atoms with Gasteiger partial charge >= 0.3 is 0 Å². The van der Waals surface area contributed by atoms with E-state index in [9.17, 15) is 19.5 Å². The van der Waals surface area contributed by atoms with Crippen LogP contribution in [0.1, 0.15) is 73.6 Å². The zero-order valence-electron chi connectivity index (χ0n) is 17.4. The number of allylic oxidation sites excluding steroid dienone is 4. The standard InChI is InChI=1S/C23H32O4/c1-13(2)7-8-22-12-16-21(5,6)9-10-23(16,20(22)27)19(26)17(18(22)25)15(24)11-14(3)4/h7,14,16,25H,8-12H2,1-6H3/t16-,22?,23+/m0/s1. The first-order valence-electron chi connectivity index (χ1n) is 10.1. The molecule has 0 radical (unpaired) electrons. The predicted octanol–water partition coefficient (Wildman–Crippen LogP) is 4.73. The molecule has 3 rings (SSSR count). The van der Waals surface area contributed by atoms with Crippen molar-refractivity contribution in [3.63, 3.8) is 0 Å². The molecule has 0 aromatic heterocycles. The van der Waals surface area contributed by atoms with Crippen LogP contribution in [0.2, 0.25) is 0 Å². The fourth-order valence-corrected chi connectivity index (χ4v) is 5.66. The highest BCUT2D eigenvalue weighted by molar-refractivity contribution is 6.32. The molecule has 4 nitrogen and oxygen atoms in total. The van der Waals surface area contributed by atoms with Gasteiger partial charge in [0.25, 0.3) is 0 Å². The molecule has 3 aliphatic carbocycles. The summed E-state index contributed by atoms with van der Waals surface area (Å²) in [6, 6.07) is 0. The Balaban J connectivity index is 2.22. The molecule has 2 saturated carbocycles. The van der Waals surface area contributed by atoms with Crippen LogP contribution in [0.5, 0.6) is 0 Å². The summed E-state index contributed by atoms with van der Waals surface area (Å²) in [6.07, 6.45) is 4.27. The summed E-state index contributed by atoms with van der Waals surface area (Å²) in [4.78, 5) is 40.1. The first-order chi connectivity index (χ1) is 12.4. The molecule has 4 heteroatoms. The van der Waals surface area contributed by atoms with Crippen molar-refractivity contribution in [2.45, 2.75) is 73.6 Å². The van der Waals surface area contributed by atoms with E-state index >= 15 is 0 Å². The van der Waals surface area contributed by atoms with Crippen LogP contribution in [0.15, 0.2) is 23.0 Å². The molecule has 0 saturated heterocycles. The third-order valence-corrected chi connectivity index (χ3v) is 7.15. The number of carbonyl (C=O) groups is 3. The maximum atomic E-state index is 13.7. The Kier molecular flexibility index (Phi) is 4.56. The summed E-state index contributed by atoms with van der Waals surface area (Å²) in [5, 5.41) is 11.2. The first kappa shape index (κ1) is 20.0. The second-order valence-corrected chi connectivity index (χ2v) is 10.2. The van der Waals surface area contributed by atoms with E-state index in [2.05, 4.69) is 13.8 Å². The summed E-state index contributed by atoms with van der Waals surface area (Å²) in [5.74, 6) is -1.16. The molecule has 0 aromatic rings. The third kappa shape index (κ3) is 2.59. The molecule has 0 aromatic carbocycles. The molecule has 0 amide bonds. The Morgan fingerprint density at radius 2 is 1.85 bits per heavy atom. The molecule has 148 valence electrons. The highest BCUT2D eigenvalue weighted by atomic mass is 16.3. The van der Waals surface area contributed by atoms with Gasteiger partial charge in [0.05, 0.1) is 10.8 Å². The van der Waals surface area contributed by atoms with E-state index in [1.165, 1.54) is 0 Å². The van der Waals surface area contributed by atoms with Gasteiger partial charge in [-0.05, 0) is 56.8 Å². The fourth-order valence-electron chi connectivity index (χ4n) is 5.66. The van der Waals surface area contributed by atoms with Gasteiger partial charge in [-0.15, -0.1) is 0 Å². The number of rotatable bonds is 5. The van der Waals surface area contributed by atoms with Crippen molar-refractivity contribution >= 4 is 17.3 Å². The average Bonchev–Trinajstić information content (AvgIpc) is 2.93. The number of ketones is 3. The minimum atomic E-state index is -1.12. The molecule has 2 bridgehead atoms. The molecule has 0 aliphatic heterocycles. The lowest BCUT2D eigenvalue weighted by Crippen LogP contribution is -2.49. The van der Waals surface area contributed by atoms with E-state index in [1.807, 2.05) is 33.8 Å². The number of carbonyl (C=O) groups excluding carboxylic acids is 3. The zero-order chi connectivity index (χ0) is 20.4. The van der Waals surface area contributed by atoms with E-state index in [-0.39, 0.29) is 46.6 Å². The molecule has 27 heavy (non-hydrogen) atoms. The van der Waals surface area contributed by atoms with Gasteiger partial charge in [0.2, 0.25) is 0 Å². The number of Topliss-reactive ketones (excluding diaryl/α,β-unsaturated/α-hetero) is 3. The van der Waals surface area contributed by atoms with Gasteiger partial charge in [-0.3, -0.25) is 14.4 Å². The summed E-state index contributed by atoms with van der Waals surface area (Å²) in [6.45, 7) is 12.0. The van der Waals surface area contributed by atoms with Gasteiger partial charge in [0.1, 0.15) is 11.3 Å². The molecule has 1 unspecified atom stereocenters. The normalized spacial score (nSPS) is 34.3. The first-order valence-corrected chi connectivity index (χ1v) is 10.1. The van der Waals surface area contributed by atoms with Crippen LogP contribution in [0.3, 0.4) is 0 Å². The van der Waals surface area contributed by atoms with Crippen molar-refractivity contribution in [2.75, 3.05) is 0 Å². The maximum absolute atomic E-state index is 13.7. The van der Waals surface area contributed by atoms with Crippen molar-refractivity contribution in [2.24, 2.45) is 28.1 Å². The monoisotopic (exact) mass is 372 g/mol. The topological polar surface area (TPSA) is 71.4 Å². The summed E-state index contributed by atoms with van der Waals surface area (Å²) < 4.78 is 0. The zero-order valence-corrected chi connectivity index (χ0v) is 17.4. The Labute approximate surface area is 162 Å². The van der Waals surface area contributed by atoms with Crippen molar-refractivity contribution < 1.29 is 19.5 Å². The number of hydrogen-bond acceptors (Lipinski definition) is 4. The van der Waals surface area contributed by atoms with Crippen LogP contribution < -0.4 is 0 Å². The molecule has 1 N–H and O–H groups in total. The third-order valence-electron chi connectivity index (χ3n) is 7.15. The lowest BCUT2D eigenvalue weighted by Gasteiger charge is -2.36. The van der Waals surface area contributed by atoms with E-state index in [0.29, 0.717) is 19.3 Å². The van der Waals surface area contributed by atoms with Crippen LogP contribution in [-0.4, -0.2) is 22.5 Å². The van der Waals surface area contributed by atoms with Gasteiger partial charge in [-0.25, -0.2) is 0 Å². The van der Waals surface area contributed by atoms with Crippen molar-refractivity contribution in [3.05, 3.63) is 23.0 Å². The number of fused-ring (bicyclic) bond motifs is 1. The second kappa shape index (κ2) is 6.15. The van der Waals surface area contributed by atoms with Crippen molar-refractivity contribution in [1.82, 2.24) is 0 Å². The molecule has 0 heterocycles. The lowest BCUT2D eigenvalue weighted by molar-refractivity contribution is -0.144. The molecular weight excluding hydrogens is 340 g/mol. The summed E-state index contributed by atoms with van der Waals surface area (Å²) in [5.41, 5.74) is -1.41. The van der Waals surface area contributed by atoms with Crippen molar-refractivity contribution in [3.8, 4) is 0 Å². The van der Waals surface area contributed by atoms with Gasteiger partial charge in [0, 0.05) is 6.42 Å². The van der Waals surface area contributed by atoms with Crippen LogP contribution >= 0.6 is 0 Å². The van der Waals surface area contributed by atoms with Gasteiger partial charge in [-0.2, -0.15) is 0 Å². The molecule has 3 atom stereocenters. The lowest BCUT2D eigenvalue weighted by atomic mass is 9.63. The van der Waals surface area contributed by atoms with E-state index in [1.54, 1.807) is 0 Å². The smallest absolute Gasteiger partial charge is 0.183 e. The minimum absolute atomic E-state index is 0.0781. The summed E-state index contributed by atoms with van der Waals surface area (Å²) in [7, 11) is 0. The van der Waals surface area contributed by atoms with Crippen molar-refractivity contribution in [1.29, 1.82) is 0 Å². The number of hydrogen-bond donors (Lipinski definition) is 1. The van der Waals surface area contributed by atoms with Gasteiger partial charge in [0.15, 0.2) is 17.3 Å². The van der Waals surface area contributed by atoms with Gasteiger partial charge in [-0.1, -0.05) is 39.3 Å². The van der Waals surface area contributed by atoms with Crippen LogP contribution in [0.25, 0.3) is 0 Å². The van der Waals surface area contributed by atoms with E-state index in [4.69, 9.17) is 0 Å². The van der Waals surface area contributed by atoms with Gasteiger partial charge < -0.3 is 5.11 Å². The van der Waals surface area contributed by atoms with E-state index in [0.717, 1.165) is 12.0 Å². The molecular formula is C23H32O4. The SMILES string of the molecule is CC(C)=CCC12C[C@H]3C(C)(C)CC[C@@]3(C(=O)C(C(=O)CC(C)C)=C1O)C2=O. The highest BCUT2D eigenvalue weighted by Gasteiger charge is 2.75.